The van der Waals surface area contributed by atoms with E-state index in [1.807, 2.05) is 6.08 Å². The van der Waals surface area contributed by atoms with Gasteiger partial charge in [-0.3, -0.25) is 0 Å². The zero-order valence-corrected chi connectivity index (χ0v) is 32.9. The molecule has 4 aromatic rings. The average Bonchev–Trinajstić information content (AvgIpc) is 3.99. The lowest BCUT2D eigenvalue weighted by atomic mass is 10.0. The highest BCUT2D eigenvalue weighted by molar-refractivity contribution is 5.94. The molecule has 5 heterocycles. The van der Waals surface area contributed by atoms with Gasteiger partial charge in [0.15, 0.2) is 11.5 Å². The third-order valence-electron chi connectivity index (χ3n) is 10.0. The predicted octanol–water partition coefficient (Wildman–Crippen LogP) is 13.1. The van der Waals surface area contributed by atoms with Crippen LogP contribution in [0.4, 0.5) is 0 Å². The lowest BCUT2D eigenvalue weighted by Crippen LogP contribution is -2.07. The van der Waals surface area contributed by atoms with Crippen LogP contribution in [0.25, 0.3) is 45.9 Å². The van der Waals surface area contributed by atoms with E-state index in [4.69, 9.17) is 24.2 Å². The molecule has 8 bridgehead atoms. The number of ether oxygens (including phenoxy) is 3. The zero-order chi connectivity index (χ0) is 37.4. The van der Waals surface area contributed by atoms with Gasteiger partial charge in [0.1, 0.15) is 0 Å². The number of benzene rings is 1. The minimum absolute atomic E-state index is 0.638. The number of aromatic amines is 2. The van der Waals surface area contributed by atoms with Gasteiger partial charge < -0.3 is 24.2 Å². The van der Waals surface area contributed by atoms with Crippen LogP contribution in [-0.4, -0.2) is 39.8 Å². The van der Waals surface area contributed by atoms with E-state index in [9.17, 15) is 0 Å². The van der Waals surface area contributed by atoms with Crippen LogP contribution in [0.5, 0.6) is 17.2 Å². The zero-order valence-electron chi connectivity index (χ0n) is 32.9. The monoisotopic (exact) mass is 728 g/mol. The van der Waals surface area contributed by atoms with Gasteiger partial charge in [-0.25, -0.2) is 9.97 Å². The molecule has 0 saturated carbocycles. The van der Waals surface area contributed by atoms with E-state index in [2.05, 4.69) is 104 Å². The SMILES string of the molecule is CCCCCCCOc1cc(C2=Cc3cc4ccc(cc5ccc(cc6nc(cc2n3)C=C6)[nH]5)[nH]4)cc(OCCCCCCC)c1OCCCCCCC. The van der Waals surface area contributed by atoms with Crippen LogP contribution in [0.1, 0.15) is 145 Å². The quantitative estimate of drug-likeness (QED) is 0.0680. The molecule has 2 N–H and O–H groups in total. The molecule has 7 nitrogen and oxygen atoms in total. The Morgan fingerprint density at radius 1 is 0.463 bits per heavy atom. The van der Waals surface area contributed by atoms with Gasteiger partial charge in [-0.1, -0.05) is 97.8 Å². The molecule has 2 aliphatic heterocycles. The normalized spacial score (nSPS) is 12.2. The fourth-order valence-electron chi connectivity index (χ4n) is 6.99. The highest BCUT2D eigenvalue weighted by atomic mass is 16.5. The number of nitrogens with one attached hydrogen (secondary N) is 2. The molecule has 7 heteroatoms. The molecule has 54 heavy (non-hydrogen) atoms. The van der Waals surface area contributed by atoms with Crippen molar-refractivity contribution in [3.05, 3.63) is 89.0 Å². The maximum absolute atomic E-state index is 6.63. The summed E-state index contributed by atoms with van der Waals surface area (Å²) < 4.78 is 19.8. The Morgan fingerprint density at radius 2 is 0.926 bits per heavy atom. The Morgan fingerprint density at radius 3 is 1.46 bits per heavy atom. The maximum atomic E-state index is 6.63. The van der Waals surface area contributed by atoms with E-state index < -0.39 is 0 Å². The summed E-state index contributed by atoms with van der Waals surface area (Å²) in [6, 6.07) is 21.0. The van der Waals surface area contributed by atoms with Crippen molar-refractivity contribution in [1.29, 1.82) is 0 Å². The van der Waals surface area contributed by atoms with E-state index >= 15 is 0 Å². The third-order valence-corrected chi connectivity index (χ3v) is 10.0. The van der Waals surface area contributed by atoms with Gasteiger partial charge in [0.2, 0.25) is 5.75 Å². The van der Waals surface area contributed by atoms with Gasteiger partial charge >= 0.3 is 0 Å². The summed E-state index contributed by atoms with van der Waals surface area (Å²) in [7, 11) is 0. The predicted molar refractivity (Wildman–Crippen MR) is 226 cm³/mol. The van der Waals surface area contributed by atoms with Crippen LogP contribution in [0.15, 0.2) is 60.7 Å². The van der Waals surface area contributed by atoms with Crippen molar-refractivity contribution in [2.75, 3.05) is 19.8 Å². The van der Waals surface area contributed by atoms with E-state index in [1.165, 1.54) is 57.8 Å². The summed E-state index contributed by atoms with van der Waals surface area (Å²) in [4.78, 5) is 17.1. The first kappa shape index (κ1) is 38.9. The molecule has 2 aliphatic rings. The summed E-state index contributed by atoms with van der Waals surface area (Å²) in [5.74, 6) is 2.21. The fraction of sp³-hybridized carbons (Fsp3) is 0.447. The van der Waals surface area contributed by atoms with Crippen LogP contribution in [-0.2, 0) is 0 Å². The van der Waals surface area contributed by atoms with Crippen molar-refractivity contribution in [3.63, 3.8) is 0 Å². The molecule has 6 rings (SSSR count). The van der Waals surface area contributed by atoms with Crippen LogP contribution in [0.2, 0.25) is 0 Å². The Hall–Kier alpha value is -4.78. The third kappa shape index (κ3) is 11.4. The molecule has 0 fully saturated rings. The molecular formula is C47H60N4O3. The van der Waals surface area contributed by atoms with Crippen LogP contribution in [0.3, 0.4) is 0 Å². The first-order chi connectivity index (χ1) is 26.6. The summed E-state index contributed by atoms with van der Waals surface area (Å²) in [6.07, 6.45) is 23.9. The Kier molecular flexibility index (Phi) is 14.9. The van der Waals surface area contributed by atoms with Gasteiger partial charge in [-0.05, 0) is 104 Å². The standard InChI is InChI=1S/C47H60N4O3/c1-4-7-10-13-16-25-52-45-28-35(29-46(53-26-17-14-11-8-5-2)47(45)54-27-18-15-12-9-6-3)43-33-42-32-40-22-21-38(49-40)30-36-19-20-37(48-36)31-39-23-24-41(50-39)34-44(43)51-42/h19-24,28-34,48-49H,4-18,25-27H2,1-3H3. The topological polar surface area (TPSA) is 85.1 Å². The van der Waals surface area contributed by atoms with Crippen molar-refractivity contribution in [3.8, 4) is 17.2 Å². The number of nitrogens with zero attached hydrogens (tertiary/aromatic N) is 2. The summed E-state index contributed by atoms with van der Waals surface area (Å²) in [5.41, 5.74) is 9.47. The van der Waals surface area contributed by atoms with Gasteiger partial charge in [-0.15, -0.1) is 0 Å². The average molecular weight is 729 g/mol. The highest BCUT2D eigenvalue weighted by Gasteiger charge is 2.21. The first-order valence-corrected chi connectivity index (χ1v) is 20.8. The van der Waals surface area contributed by atoms with E-state index in [0.29, 0.717) is 19.8 Å². The number of aromatic nitrogens is 4. The second-order valence-electron chi connectivity index (χ2n) is 14.7. The van der Waals surface area contributed by atoms with E-state index in [1.54, 1.807) is 0 Å². The lowest BCUT2D eigenvalue weighted by molar-refractivity contribution is 0.234. The maximum Gasteiger partial charge on any atom is 0.203 e. The second kappa shape index (κ2) is 20.6. The highest BCUT2D eigenvalue weighted by Crippen LogP contribution is 2.43. The number of fused-ring (bicyclic) bond motifs is 8. The molecule has 0 atom stereocenters. The molecule has 0 radical (unpaired) electrons. The Labute approximate surface area is 322 Å². The molecule has 286 valence electrons. The summed E-state index contributed by atoms with van der Waals surface area (Å²) in [6.45, 7) is 8.67. The van der Waals surface area contributed by atoms with Gasteiger partial charge in [0, 0.05) is 27.6 Å². The van der Waals surface area contributed by atoms with Gasteiger partial charge in [0.25, 0.3) is 0 Å². The van der Waals surface area contributed by atoms with Gasteiger partial charge in [0.05, 0.1) is 42.6 Å². The molecule has 0 amide bonds. The molecule has 0 unspecified atom stereocenters. The van der Waals surface area contributed by atoms with Crippen molar-refractivity contribution in [1.82, 2.24) is 19.9 Å². The minimum atomic E-state index is 0.638. The molecule has 0 saturated heterocycles. The van der Waals surface area contributed by atoms with Crippen LogP contribution < -0.4 is 14.2 Å². The molecular weight excluding hydrogens is 669 g/mol. The summed E-state index contributed by atoms with van der Waals surface area (Å²) >= 11 is 0. The molecule has 0 aliphatic carbocycles. The van der Waals surface area contributed by atoms with Crippen molar-refractivity contribution < 1.29 is 14.2 Å². The van der Waals surface area contributed by atoms with Gasteiger partial charge in [-0.2, -0.15) is 0 Å². The Bertz CT molecular complexity index is 1980. The molecule has 0 spiro atoms. The summed E-state index contributed by atoms with van der Waals surface area (Å²) in [5, 5.41) is 0. The van der Waals surface area contributed by atoms with Crippen molar-refractivity contribution in [2.45, 2.75) is 117 Å². The van der Waals surface area contributed by atoms with E-state index in [0.717, 1.165) is 112 Å². The van der Waals surface area contributed by atoms with Crippen LogP contribution in [0, 0.1) is 0 Å². The largest absolute Gasteiger partial charge is 0.490 e. The molecule has 3 aromatic heterocycles. The number of rotatable bonds is 22. The van der Waals surface area contributed by atoms with Crippen molar-refractivity contribution >= 4 is 45.9 Å². The smallest absolute Gasteiger partial charge is 0.203 e. The first-order valence-electron chi connectivity index (χ1n) is 20.8. The number of unbranched alkanes of at least 4 members (excludes halogenated alkanes) is 12. The second-order valence-corrected chi connectivity index (χ2v) is 14.7. The minimum Gasteiger partial charge on any atom is -0.490 e. The lowest BCUT2D eigenvalue weighted by Gasteiger charge is -2.19. The van der Waals surface area contributed by atoms with Crippen molar-refractivity contribution in [2.24, 2.45) is 0 Å². The van der Waals surface area contributed by atoms with Crippen LogP contribution >= 0.6 is 0 Å². The number of hydrogen-bond donors (Lipinski definition) is 2. The number of hydrogen-bond acceptors (Lipinski definition) is 5. The Balaban J connectivity index is 1.40. The number of H-pyrrole nitrogens is 2. The molecule has 1 aromatic carbocycles. The fourth-order valence-corrected chi connectivity index (χ4v) is 6.99. The van der Waals surface area contributed by atoms with E-state index in [-0.39, 0.29) is 0 Å².